The molecule has 7 nitrogen and oxygen atoms in total. The molecule has 0 aliphatic carbocycles. The predicted octanol–water partition coefficient (Wildman–Crippen LogP) is 3.23. The summed E-state index contributed by atoms with van der Waals surface area (Å²) in [5, 5.41) is 5.34. The minimum atomic E-state index is -0.912. The Morgan fingerprint density at radius 3 is 1.97 bits per heavy atom. The van der Waals surface area contributed by atoms with Crippen LogP contribution in [0.15, 0.2) is 60.7 Å². The standard InChI is InChI=1S/C24H30N2O5/c1-17(2)14-21(23(28)30-3)25-22(27)20(15-18-10-6-4-7-11-18)26-24(29)31-16-19-12-8-5-9-13-19/h4-13,17,20-21H,14-16H2,1-3H3,(H,25,27)(H,26,29). The second-order valence-corrected chi connectivity index (χ2v) is 7.66. The molecule has 2 rings (SSSR count). The average Bonchev–Trinajstić information content (AvgIpc) is 2.77. The number of nitrogens with one attached hydrogen (secondary N) is 2. The molecule has 2 unspecified atom stereocenters. The summed E-state index contributed by atoms with van der Waals surface area (Å²) in [6, 6.07) is 16.9. The summed E-state index contributed by atoms with van der Waals surface area (Å²) in [6.45, 7) is 3.98. The summed E-state index contributed by atoms with van der Waals surface area (Å²) < 4.78 is 10.1. The van der Waals surface area contributed by atoms with Crippen molar-refractivity contribution in [3.05, 3.63) is 71.8 Å². The number of carbonyl (C=O) groups excluding carboxylic acids is 3. The van der Waals surface area contributed by atoms with Gasteiger partial charge in [-0.25, -0.2) is 9.59 Å². The molecule has 0 aromatic heterocycles. The third kappa shape index (κ3) is 8.50. The molecule has 2 aromatic rings. The first-order valence-corrected chi connectivity index (χ1v) is 10.3. The molecule has 31 heavy (non-hydrogen) atoms. The highest BCUT2D eigenvalue weighted by Gasteiger charge is 2.28. The Hall–Kier alpha value is -3.35. The molecule has 0 saturated carbocycles. The average molecular weight is 427 g/mol. The molecule has 2 amide bonds. The van der Waals surface area contributed by atoms with Crippen molar-refractivity contribution < 1.29 is 23.9 Å². The van der Waals surface area contributed by atoms with Gasteiger partial charge < -0.3 is 20.1 Å². The van der Waals surface area contributed by atoms with Crippen molar-refractivity contribution >= 4 is 18.0 Å². The van der Waals surface area contributed by atoms with E-state index in [0.717, 1.165) is 11.1 Å². The molecule has 0 spiro atoms. The van der Waals surface area contributed by atoms with E-state index in [9.17, 15) is 14.4 Å². The largest absolute Gasteiger partial charge is 0.467 e. The van der Waals surface area contributed by atoms with Crippen LogP contribution in [0.25, 0.3) is 0 Å². The minimum absolute atomic E-state index is 0.0878. The Morgan fingerprint density at radius 2 is 1.42 bits per heavy atom. The number of rotatable bonds is 10. The molecule has 0 fully saturated rings. The second-order valence-electron chi connectivity index (χ2n) is 7.66. The maximum Gasteiger partial charge on any atom is 0.408 e. The minimum Gasteiger partial charge on any atom is -0.467 e. The van der Waals surface area contributed by atoms with Gasteiger partial charge in [-0.05, 0) is 23.5 Å². The summed E-state index contributed by atoms with van der Waals surface area (Å²) >= 11 is 0. The van der Waals surface area contributed by atoms with Gasteiger partial charge in [-0.3, -0.25) is 4.79 Å². The van der Waals surface area contributed by atoms with E-state index in [-0.39, 0.29) is 18.9 Å². The van der Waals surface area contributed by atoms with Crippen LogP contribution in [-0.2, 0) is 32.1 Å². The van der Waals surface area contributed by atoms with Crippen molar-refractivity contribution in [1.82, 2.24) is 10.6 Å². The zero-order chi connectivity index (χ0) is 22.6. The third-order valence-electron chi connectivity index (χ3n) is 4.61. The van der Waals surface area contributed by atoms with Gasteiger partial charge in [0.1, 0.15) is 18.7 Å². The van der Waals surface area contributed by atoms with Gasteiger partial charge >= 0.3 is 12.1 Å². The van der Waals surface area contributed by atoms with E-state index in [1.54, 1.807) is 0 Å². The van der Waals surface area contributed by atoms with Gasteiger partial charge in [-0.15, -0.1) is 0 Å². The maximum absolute atomic E-state index is 13.0. The van der Waals surface area contributed by atoms with E-state index in [2.05, 4.69) is 10.6 Å². The van der Waals surface area contributed by atoms with Gasteiger partial charge in [0.15, 0.2) is 0 Å². The van der Waals surface area contributed by atoms with Crippen LogP contribution in [0.1, 0.15) is 31.4 Å². The molecule has 0 bridgehead atoms. The zero-order valence-electron chi connectivity index (χ0n) is 18.2. The topological polar surface area (TPSA) is 93.7 Å². The van der Waals surface area contributed by atoms with Crippen LogP contribution in [0.5, 0.6) is 0 Å². The normalized spacial score (nSPS) is 12.5. The predicted molar refractivity (Wildman–Crippen MR) is 117 cm³/mol. The first kappa shape index (κ1) is 23.9. The van der Waals surface area contributed by atoms with Crippen molar-refractivity contribution in [2.24, 2.45) is 5.92 Å². The molecule has 166 valence electrons. The van der Waals surface area contributed by atoms with Crippen LogP contribution in [0.3, 0.4) is 0 Å². The van der Waals surface area contributed by atoms with Crippen molar-refractivity contribution in [2.75, 3.05) is 7.11 Å². The maximum atomic E-state index is 13.0. The lowest BCUT2D eigenvalue weighted by molar-refractivity contribution is -0.145. The Morgan fingerprint density at radius 1 is 0.839 bits per heavy atom. The van der Waals surface area contributed by atoms with E-state index in [4.69, 9.17) is 9.47 Å². The van der Waals surface area contributed by atoms with E-state index < -0.39 is 30.1 Å². The van der Waals surface area contributed by atoms with Gasteiger partial charge in [0.2, 0.25) is 5.91 Å². The molecule has 0 aliphatic heterocycles. The number of methoxy groups -OCH3 is 1. The van der Waals surface area contributed by atoms with E-state index in [1.807, 2.05) is 74.5 Å². The van der Waals surface area contributed by atoms with Crippen LogP contribution in [-0.4, -0.2) is 37.2 Å². The van der Waals surface area contributed by atoms with Crippen LogP contribution < -0.4 is 10.6 Å². The molecule has 2 N–H and O–H groups in total. The highest BCUT2D eigenvalue weighted by Crippen LogP contribution is 2.09. The van der Waals surface area contributed by atoms with Crippen molar-refractivity contribution in [1.29, 1.82) is 0 Å². The van der Waals surface area contributed by atoms with E-state index in [0.29, 0.717) is 6.42 Å². The highest BCUT2D eigenvalue weighted by molar-refractivity contribution is 5.89. The molecule has 2 atom stereocenters. The van der Waals surface area contributed by atoms with Gasteiger partial charge in [0.05, 0.1) is 7.11 Å². The zero-order valence-corrected chi connectivity index (χ0v) is 18.2. The molecule has 2 aromatic carbocycles. The van der Waals surface area contributed by atoms with Crippen LogP contribution in [0, 0.1) is 5.92 Å². The summed E-state index contributed by atoms with van der Waals surface area (Å²) in [4.78, 5) is 37.4. The third-order valence-corrected chi connectivity index (χ3v) is 4.61. The summed E-state index contributed by atoms with van der Waals surface area (Å²) in [6.07, 6.45) is -0.0316. The molecular formula is C24H30N2O5. The lowest BCUT2D eigenvalue weighted by Gasteiger charge is -2.23. The quantitative estimate of drug-likeness (QED) is 0.569. The van der Waals surface area contributed by atoms with Crippen LogP contribution in [0.4, 0.5) is 4.79 Å². The molecule has 0 radical (unpaired) electrons. The van der Waals surface area contributed by atoms with Crippen molar-refractivity contribution in [3.63, 3.8) is 0 Å². The molecule has 0 heterocycles. The fraction of sp³-hybridized carbons (Fsp3) is 0.375. The fourth-order valence-electron chi connectivity index (χ4n) is 3.07. The lowest BCUT2D eigenvalue weighted by atomic mass is 10.0. The number of benzene rings is 2. The molecule has 0 saturated heterocycles. The van der Waals surface area contributed by atoms with Crippen molar-refractivity contribution in [3.8, 4) is 0 Å². The fourth-order valence-corrected chi connectivity index (χ4v) is 3.07. The van der Waals surface area contributed by atoms with Crippen LogP contribution in [0.2, 0.25) is 0 Å². The summed E-state index contributed by atoms with van der Waals surface area (Å²) in [5.74, 6) is -0.829. The number of hydrogen-bond donors (Lipinski definition) is 2. The summed E-state index contributed by atoms with van der Waals surface area (Å²) in [5.41, 5.74) is 1.70. The molecular weight excluding hydrogens is 396 g/mol. The smallest absolute Gasteiger partial charge is 0.408 e. The SMILES string of the molecule is COC(=O)C(CC(C)C)NC(=O)C(Cc1ccccc1)NC(=O)OCc1ccccc1. The first-order valence-electron chi connectivity index (χ1n) is 10.3. The number of alkyl carbamates (subject to hydrolysis) is 1. The molecule has 7 heteroatoms. The number of hydrogen-bond acceptors (Lipinski definition) is 5. The van der Waals surface area contributed by atoms with E-state index in [1.165, 1.54) is 7.11 Å². The molecule has 0 aliphatic rings. The second kappa shape index (κ2) is 12.4. The van der Waals surface area contributed by atoms with E-state index >= 15 is 0 Å². The Kier molecular flexibility index (Phi) is 9.55. The monoisotopic (exact) mass is 426 g/mol. The lowest BCUT2D eigenvalue weighted by Crippen LogP contribution is -2.53. The number of esters is 1. The Labute approximate surface area is 183 Å². The van der Waals surface area contributed by atoms with Gasteiger partial charge in [0.25, 0.3) is 0 Å². The summed E-state index contributed by atoms with van der Waals surface area (Å²) in [7, 11) is 1.28. The van der Waals surface area contributed by atoms with Crippen LogP contribution >= 0.6 is 0 Å². The van der Waals surface area contributed by atoms with Gasteiger partial charge in [-0.2, -0.15) is 0 Å². The number of amides is 2. The van der Waals surface area contributed by atoms with Gasteiger partial charge in [-0.1, -0.05) is 74.5 Å². The Balaban J connectivity index is 2.08. The Bertz CT molecular complexity index is 840. The van der Waals surface area contributed by atoms with Gasteiger partial charge in [0, 0.05) is 6.42 Å². The highest BCUT2D eigenvalue weighted by atomic mass is 16.5. The first-order chi connectivity index (χ1) is 14.9. The number of carbonyl (C=O) groups is 3. The number of ether oxygens (including phenoxy) is 2. The van der Waals surface area contributed by atoms with Crippen molar-refractivity contribution in [2.45, 2.75) is 45.4 Å².